The van der Waals surface area contributed by atoms with Crippen molar-refractivity contribution < 1.29 is 18.0 Å². The molecule has 1 aliphatic heterocycles. The molecule has 0 aromatic heterocycles. The molecule has 0 spiro atoms. The van der Waals surface area contributed by atoms with Crippen LogP contribution in [-0.4, -0.2) is 5.91 Å². The predicted octanol–water partition coefficient (Wildman–Crippen LogP) is 6.93. The molecule has 160 valence electrons. The highest BCUT2D eigenvalue weighted by Gasteiger charge is 2.35. The van der Waals surface area contributed by atoms with E-state index in [0.717, 1.165) is 39.7 Å². The Bertz CT molecular complexity index is 1280. The third kappa shape index (κ3) is 3.64. The number of halogens is 3. The van der Waals surface area contributed by atoms with Crippen LogP contribution in [0, 0.1) is 0 Å². The molecule has 5 heteroatoms. The SMILES string of the molecule is O=C1CC(c2ccc(C(F)(F)F)cc2)c2c(ccc3ccccc23)N1Cc1ccccc1. The Labute approximate surface area is 183 Å². The molecule has 1 aliphatic rings. The summed E-state index contributed by atoms with van der Waals surface area (Å²) in [6, 6.07) is 26.9. The third-order valence-corrected chi connectivity index (χ3v) is 6.09. The lowest BCUT2D eigenvalue weighted by Crippen LogP contribution is -2.36. The standard InChI is InChI=1S/C27H20F3NO/c28-27(29,30)21-13-10-20(11-14-21)23-16-25(32)31(17-18-6-2-1-3-7-18)24-15-12-19-8-4-5-9-22(19)26(23)24/h1-15,23H,16-17H2. The normalized spacial score (nSPS) is 16.3. The number of amides is 1. The topological polar surface area (TPSA) is 20.3 Å². The maximum absolute atomic E-state index is 13.3. The third-order valence-electron chi connectivity index (χ3n) is 6.09. The van der Waals surface area contributed by atoms with Crippen LogP contribution in [0.1, 0.15) is 34.6 Å². The van der Waals surface area contributed by atoms with Gasteiger partial charge in [0.05, 0.1) is 12.1 Å². The van der Waals surface area contributed by atoms with Gasteiger partial charge < -0.3 is 4.90 Å². The van der Waals surface area contributed by atoms with Gasteiger partial charge in [0.1, 0.15) is 0 Å². The van der Waals surface area contributed by atoms with Gasteiger partial charge in [-0.1, -0.05) is 72.8 Å². The van der Waals surface area contributed by atoms with E-state index in [1.807, 2.05) is 66.7 Å². The molecular weight excluding hydrogens is 411 g/mol. The number of carbonyl (C=O) groups excluding carboxylic acids is 1. The Hall–Kier alpha value is -3.60. The summed E-state index contributed by atoms with van der Waals surface area (Å²) in [5.41, 5.74) is 2.84. The van der Waals surface area contributed by atoms with Crippen molar-refractivity contribution in [1.82, 2.24) is 0 Å². The lowest BCUT2D eigenvalue weighted by Gasteiger charge is -2.35. The van der Waals surface area contributed by atoms with Gasteiger partial charge in [-0.2, -0.15) is 13.2 Å². The maximum Gasteiger partial charge on any atom is 0.416 e. The molecular formula is C27H20F3NO. The van der Waals surface area contributed by atoms with Crippen LogP contribution in [-0.2, 0) is 17.5 Å². The number of fused-ring (bicyclic) bond motifs is 3. The zero-order valence-electron chi connectivity index (χ0n) is 17.1. The minimum absolute atomic E-state index is 0.0402. The highest BCUT2D eigenvalue weighted by molar-refractivity contribution is 6.03. The van der Waals surface area contributed by atoms with Gasteiger partial charge in [0, 0.05) is 18.0 Å². The number of benzene rings is 4. The Morgan fingerprint density at radius 1 is 0.812 bits per heavy atom. The van der Waals surface area contributed by atoms with Gasteiger partial charge in [0.25, 0.3) is 0 Å². The van der Waals surface area contributed by atoms with Crippen LogP contribution < -0.4 is 4.90 Å². The van der Waals surface area contributed by atoms with Crippen molar-refractivity contribution in [2.75, 3.05) is 4.90 Å². The number of hydrogen-bond acceptors (Lipinski definition) is 1. The average Bonchev–Trinajstić information content (AvgIpc) is 2.80. The Kier molecular flexibility index (Phi) is 4.97. The number of rotatable bonds is 3. The van der Waals surface area contributed by atoms with E-state index in [2.05, 4.69) is 0 Å². The number of nitrogens with zero attached hydrogens (tertiary/aromatic N) is 1. The first-order chi connectivity index (χ1) is 15.4. The molecule has 0 aliphatic carbocycles. The second kappa shape index (κ2) is 7.83. The highest BCUT2D eigenvalue weighted by Crippen LogP contribution is 2.45. The summed E-state index contributed by atoms with van der Waals surface area (Å²) in [6.45, 7) is 0.449. The molecule has 1 unspecified atom stereocenters. The molecule has 0 fully saturated rings. The molecule has 0 N–H and O–H groups in total. The summed E-state index contributed by atoms with van der Waals surface area (Å²) in [5, 5.41) is 2.05. The second-order valence-electron chi connectivity index (χ2n) is 8.06. The Balaban J connectivity index is 1.64. The summed E-state index contributed by atoms with van der Waals surface area (Å²) >= 11 is 0. The number of carbonyl (C=O) groups is 1. The van der Waals surface area contributed by atoms with Gasteiger partial charge in [-0.25, -0.2) is 0 Å². The zero-order valence-corrected chi connectivity index (χ0v) is 17.1. The van der Waals surface area contributed by atoms with E-state index < -0.39 is 11.7 Å². The molecule has 1 amide bonds. The van der Waals surface area contributed by atoms with Crippen molar-refractivity contribution in [3.05, 3.63) is 113 Å². The van der Waals surface area contributed by atoms with Crippen LogP contribution >= 0.6 is 0 Å². The average molecular weight is 431 g/mol. The van der Waals surface area contributed by atoms with Crippen LogP contribution in [0.15, 0.2) is 91.0 Å². The van der Waals surface area contributed by atoms with Crippen molar-refractivity contribution in [3.8, 4) is 0 Å². The fourth-order valence-electron chi connectivity index (χ4n) is 4.54. The second-order valence-corrected chi connectivity index (χ2v) is 8.06. The molecule has 0 radical (unpaired) electrons. The first kappa shape index (κ1) is 20.3. The van der Waals surface area contributed by atoms with E-state index in [1.54, 1.807) is 4.90 Å². The van der Waals surface area contributed by atoms with E-state index in [0.29, 0.717) is 12.1 Å². The lowest BCUT2D eigenvalue weighted by atomic mass is 9.81. The van der Waals surface area contributed by atoms with E-state index in [1.165, 1.54) is 12.1 Å². The summed E-state index contributed by atoms with van der Waals surface area (Å²) in [7, 11) is 0. The number of hydrogen-bond donors (Lipinski definition) is 0. The van der Waals surface area contributed by atoms with Gasteiger partial charge in [0.2, 0.25) is 5.91 Å². The molecule has 0 saturated carbocycles. The number of anilines is 1. The fraction of sp³-hybridized carbons (Fsp3) is 0.148. The molecule has 1 heterocycles. The van der Waals surface area contributed by atoms with Crippen molar-refractivity contribution in [2.24, 2.45) is 0 Å². The molecule has 4 aromatic rings. The lowest BCUT2D eigenvalue weighted by molar-refractivity contribution is -0.137. The zero-order chi connectivity index (χ0) is 22.3. The first-order valence-electron chi connectivity index (χ1n) is 10.4. The van der Waals surface area contributed by atoms with Crippen LogP contribution in [0.4, 0.5) is 18.9 Å². The Morgan fingerprint density at radius 2 is 1.50 bits per heavy atom. The van der Waals surface area contributed by atoms with Crippen LogP contribution in [0.5, 0.6) is 0 Å². The largest absolute Gasteiger partial charge is 0.416 e. The summed E-state index contributed by atoms with van der Waals surface area (Å²) in [5.74, 6) is -0.348. The van der Waals surface area contributed by atoms with Gasteiger partial charge in [0.15, 0.2) is 0 Å². The monoisotopic (exact) mass is 431 g/mol. The van der Waals surface area contributed by atoms with Crippen LogP contribution in [0.25, 0.3) is 10.8 Å². The summed E-state index contributed by atoms with van der Waals surface area (Å²) < 4.78 is 39.2. The highest BCUT2D eigenvalue weighted by atomic mass is 19.4. The van der Waals surface area contributed by atoms with Gasteiger partial charge in [-0.05, 0) is 45.7 Å². The van der Waals surface area contributed by atoms with Gasteiger partial charge in [-0.15, -0.1) is 0 Å². The van der Waals surface area contributed by atoms with Crippen LogP contribution in [0.3, 0.4) is 0 Å². The molecule has 0 saturated heterocycles. The molecule has 4 aromatic carbocycles. The molecule has 2 nitrogen and oxygen atoms in total. The van der Waals surface area contributed by atoms with Gasteiger partial charge in [-0.3, -0.25) is 4.79 Å². The molecule has 32 heavy (non-hydrogen) atoms. The fourth-order valence-corrected chi connectivity index (χ4v) is 4.54. The van der Waals surface area contributed by atoms with Crippen molar-refractivity contribution in [2.45, 2.75) is 25.1 Å². The predicted molar refractivity (Wildman–Crippen MR) is 119 cm³/mol. The van der Waals surface area contributed by atoms with Crippen molar-refractivity contribution >= 4 is 22.4 Å². The minimum Gasteiger partial charge on any atom is -0.308 e. The van der Waals surface area contributed by atoms with E-state index >= 15 is 0 Å². The van der Waals surface area contributed by atoms with Gasteiger partial charge >= 0.3 is 6.18 Å². The summed E-state index contributed by atoms with van der Waals surface area (Å²) in [4.78, 5) is 15.0. The van der Waals surface area contributed by atoms with Crippen molar-refractivity contribution in [3.63, 3.8) is 0 Å². The Morgan fingerprint density at radius 3 is 2.22 bits per heavy atom. The minimum atomic E-state index is -4.39. The number of alkyl halides is 3. The first-order valence-corrected chi connectivity index (χ1v) is 10.4. The summed E-state index contributed by atoms with van der Waals surface area (Å²) in [6.07, 6.45) is -4.18. The van der Waals surface area contributed by atoms with Crippen LogP contribution in [0.2, 0.25) is 0 Å². The van der Waals surface area contributed by atoms with E-state index in [-0.39, 0.29) is 18.2 Å². The molecule has 1 atom stereocenters. The smallest absolute Gasteiger partial charge is 0.308 e. The molecule has 5 rings (SSSR count). The quantitative estimate of drug-likeness (QED) is 0.345. The van der Waals surface area contributed by atoms with Crippen molar-refractivity contribution in [1.29, 1.82) is 0 Å². The van der Waals surface area contributed by atoms with E-state index in [9.17, 15) is 18.0 Å². The van der Waals surface area contributed by atoms with E-state index in [4.69, 9.17) is 0 Å². The molecule has 0 bridgehead atoms. The maximum atomic E-state index is 13.3.